The summed E-state index contributed by atoms with van der Waals surface area (Å²) < 4.78 is 6.03. The minimum atomic E-state index is -0.468. The second-order valence-corrected chi connectivity index (χ2v) is 4.94. The minimum absolute atomic E-state index is 0.160. The number of nitrogens with two attached hydrogens (primary N) is 1. The molecule has 0 fully saturated rings. The number of carbonyl (C=O) groups excluding carboxylic acids is 1. The third-order valence-corrected chi connectivity index (χ3v) is 3.34. The Labute approximate surface area is 116 Å². The first-order valence-electron chi connectivity index (χ1n) is 5.92. The normalized spacial score (nSPS) is 12.2. The lowest BCUT2D eigenvalue weighted by atomic mass is 10.1. The van der Waals surface area contributed by atoms with E-state index >= 15 is 0 Å². The summed E-state index contributed by atoms with van der Waals surface area (Å²) in [5.41, 5.74) is 7.44. The van der Waals surface area contributed by atoms with E-state index in [0.29, 0.717) is 13.0 Å². The van der Waals surface area contributed by atoms with Crippen molar-refractivity contribution in [3.8, 4) is 0 Å². The van der Waals surface area contributed by atoms with Gasteiger partial charge in [0.25, 0.3) is 0 Å². The Balaban J connectivity index is 2.83. The maximum Gasteiger partial charge on any atom is 0.241 e. The molecule has 0 aromatic heterocycles. The fourth-order valence-corrected chi connectivity index (χ4v) is 2.11. The van der Waals surface area contributed by atoms with Crippen molar-refractivity contribution in [2.24, 2.45) is 5.73 Å². The Morgan fingerprint density at radius 2 is 2.28 bits per heavy atom. The molecule has 0 heterocycles. The zero-order chi connectivity index (χ0) is 13.5. The first-order valence-corrected chi connectivity index (χ1v) is 6.72. The molecule has 4 nitrogen and oxygen atoms in total. The van der Waals surface area contributed by atoms with Gasteiger partial charge in [0, 0.05) is 22.8 Å². The van der Waals surface area contributed by atoms with E-state index < -0.39 is 6.04 Å². The van der Waals surface area contributed by atoms with E-state index in [1.807, 2.05) is 25.1 Å². The van der Waals surface area contributed by atoms with Gasteiger partial charge in [-0.05, 0) is 18.6 Å². The van der Waals surface area contributed by atoms with Crippen LogP contribution in [0.1, 0.15) is 25.3 Å². The lowest BCUT2D eigenvalue weighted by Gasteiger charge is -2.15. The summed E-state index contributed by atoms with van der Waals surface area (Å²) in [6, 6.07) is 5.15. The van der Waals surface area contributed by atoms with E-state index in [1.54, 1.807) is 7.11 Å². The summed E-state index contributed by atoms with van der Waals surface area (Å²) in [4.78, 5) is 11.9. The molecule has 5 heteroatoms. The Kier molecular flexibility index (Phi) is 6.32. The molecule has 0 bridgehead atoms. The smallest absolute Gasteiger partial charge is 0.241 e. The van der Waals surface area contributed by atoms with Crippen LogP contribution in [0.3, 0.4) is 0 Å². The number of hydrogen-bond donors (Lipinski definition) is 2. The zero-order valence-corrected chi connectivity index (χ0v) is 12.3. The summed E-state index contributed by atoms with van der Waals surface area (Å²) in [6.07, 6.45) is 1.57. The van der Waals surface area contributed by atoms with Crippen LogP contribution in [0.4, 0.5) is 5.69 Å². The van der Waals surface area contributed by atoms with Gasteiger partial charge in [-0.25, -0.2) is 0 Å². The monoisotopic (exact) mass is 314 g/mol. The number of hydrogen-bond acceptors (Lipinski definition) is 3. The van der Waals surface area contributed by atoms with Gasteiger partial charge >= 0.3 is 0 Å². The average Bonchev–Trinajstić information content (AvgIpc) is 2.34. The largest absolute Gasteiger partial charge is 0.380 e. The Morgan fingerprint density at radius 1 is 1.56 bits per heavy atom. The van der Waals surface area contributed by atoms with Gasteiger partial charge in [0.1, 0.15) is 0 Å². The highest BCUT2D eigenvalue weighted by Crippen LogP contribution is 2.25. The van der Waals surface area contributed by atoms with Crippen LogP contribution in [0.2, 0.25) is 0 Å². The first-order chi connectivity index (χ1) is 8.60. The number of benzene rings is 1. The van der Waals surface area contributed by atoms with Crippen molar-refractivity contribution in [3.63, 3.8) is 0 Å². The van der Waals surface area contributed by atoms with E-state index in [-0.39, 0.29) is 5.91 Å². The lowest BCUT2D eigenvalue weighted by Crippen LogP contribution is -2.35. The zero-order valence-electron chi connectivity index (χ0n) is 10.7. The summed E-state index contributed by atoms with van der Waals surface area (Å²) in [5.74, 6) is -0.160. The molecule has 3 N–H and O–H groups in total. The molecular formula is C13H19BrN2O2. The number of carbonyl (C=O) groups is 1. The quantitative estimate of drug-likeness (QED) is 0.848. The van der Waals surface area contributed by atoms with Crippen LogP contribution in [-0.4, -0.2) is 19.1 Å². The molecule has 0 aliphatic heterocycles. The van der Waals surface area contributed by atoms with Gasteiger partial charge in [0.05, 0.1) is 12.6 Å². The molecule has 0 spiro atoms. The van der Waals surface area contributed by atoms with Crippen LogP contribution in [0.15, 0.2) is 22.7 Å². The van der Waals surface area contributed by atoms with Gasteiger partial charge in [0.15, 0.2) is 0 Å². The van der Waals surface area contributed by atoms with Crippen LogP contribution < -0.4 is 11.1 Å². The van der Waals surface area contributed by atoms with Crippen molar-refractivity contribution in [1.29, 1.82) is 0 Å². The highest BCUT2D eigenvalue weighted by Gasteiger charge is 2.15. The Hall–Kier alpha value is -0.910. The van der Waals surface area contributed by atoms with Crippen molar-refractivity contribution >= 4 is 27.5 Å². The molecule has 1 aromatic rings. The molecule has 100 valence electrons. The minimum Gasteiger partial charge on any atom is -0.380 e. The number of ether oxygens (including phenoxy) is 1. The number of amides is 1. The van der Waals surface area contributed by atoms with Gasteiger partial charge in [-0.2, -0.15) is 0 Å². The van der Waals surface area contributed by atoms with Crippen molar-refractivity contribution in [2.45, 2.75) is 32.4 Å². The molecular weight excluding hydrogens is 296 g/mol. The SMILES string of the molecule is CCCC(N)C(=O)Nc1cccc(Br)c1COC. The van der Waals surface area contributed by atoms with Crippen molar-refractivity contribution in [3.05, 3.63) is 28.2 Å². The lowest BCUT2D eigenvalue weighted by molar-refractivity contribution is -0.117. The van der Waals surface area contributed by atoms with Crippen LogP contribution >= 0.6 is 15.9 Å². The fraction of sp³-hybridized carbons (Fsp3) is 0.462. The maximum atomic E-state index is 11.9. The molecule has 1 atom stereocenters. The molecule has 0 saturated heterocycles. The molecule has 1 amide bonds. The molecule has 0 aliphatic rings. The van der Waals surface area contributed by atoms with Gasteiger partial charge in [-0.15, -0.1) is 0 Å². The van der Waals surface area contributed by atoms with Gasteiger partial charge < -0.3 is 15.8 Å². The molecule has 0 radical (unpaired) electrons. The standard InChI is InChI=1S/C13H19BrN2O2/c1-3-5-11(15)13(17)16-12-7-4-6-10(14)9(12)8-18-2/h4,6-7,11H,3,5,8,15H2,1-2H3,(H,16,17). The predicted molar refractivity (Wildman–Crippen MR) is 76.4 cm³/mol. The van der Waals surface area contributed by atoms with Gasteiger partial charge in [-0.1, -0.05) is 35.3 Å². The van der Waals surface area contributed by atoms with Crippen molar-refractivity contribution in [1.82, 2.24) is 0 Å². The number of methoxy groups -OCH3 is 1. The molecule has 18 heavy (non-hydrogen) atoms. The van der Waals surface area contributed by atoms with Gasteiger partial charge in [0.2, 0.25) is 5.91 Å². The van der Waals surface area contributed by atoms with E-state index in [2.05, 4.69) is 21.2 Å². The second-order valence-electron chi connectivity index (χ2n) is 4.08. The summed E-state index contributed by atoms with van der Waals surface area (Å²) in [7, 11) is 1.62. The highest BCUT2D eigenvalue weighted by atomic mass is 79.9. The fourth-order valence-electron chi connectivity index (χ4n) is 1.63. The van der Waals surface area contributed by atoms with Crippen LogP contribution in [0.25, 0.3) is 0 Å². The van der Waals surface area contributed by atoms with Crippen molar-refractivity contribution in [2.75, 3.05) is 12.4 Å². The molecule has 1 aromatic carbocycles. The average molecular weight is 315 g/mol. The van der Waals surface area contributed by atoms with E-state index in [1.165, 1.54) is 0 Å². The Morgan fingerprint density at radius 3 is 2.89 bits per heavy atom. The predicted octanol–water partition coefficient (Wildman–Crippen LogP) is 2.66. The number of rotatable bonds is 6. The topological polar surface area (TPSA) is 64.4 Å². The third-order valence-electron chi connectivity index (χ3n) is 2.60. The van der Waals surface area contributed by atoms with Crippen LogP contribution in [-0.2, 0) is 16.1 Å². The van der Waals surface area contributed by atoms with E-state index in [4.69, 9.17) is 10.5 Å². The molecule has 0 saturated carbocycles. The Bertz CT molecular complexity index is 410. The van der Waals surface area contributed by atoms with Crippen molar-refractivity contribution < 1.29 is 9.53 Å². The molecule has 1 unspecified atom stereocenters. The van der Waals surface area contributed by atoms with Crippen LogP contribution in [0.5, 0.6) is 0 Å². The number of halogens is 1. The van der Waals surface area contributed by atoms with Gasteiger partial charge in [-0.3, -0.25) is 4.79 Å². The highest BCUT2D eigenvalue weighted by molar-refractivity contribution is 9.10. The number of nitrogens with one attached hydrogen (secondary N) is 1. The number of anilines is 1. The van der Waals surface area contributed by atoms with E-state index in [0.717, 1.165) is 22.1 Å². The maximum absolute atomic E-state index is 11.9. The molecule has 0 aliphatic carbocycles. The first kappa shape index (κ1) is 15.1. The summed E-state index contributed by atoms with van der Waals surface area (Å²) >= 11 is 3.44. The third kappa shape index (κ3) is 4.08. The second kappa shape index (κ2) is 7.51. The van der Waals surface area contributed by atoms with Crippen LogP contribution in [0, 0.1) is 0 Å². The summed E-state index contributed by atoms with van der Waals surface area (Å²) in [5, 5.41) is 2.85. The van der Waals surface area contributed by atoms with E-state index in [9.17, 15) is 4.79 Å². The summed E-state index contributed by atoms with van der Waals surface area (Å²) in [6.45, 7) is 2.43. The molecule has 1 rings (SSSR count).